The van der Waals surface area contributed by atoms with Gasteiger partial charge in [-0.3, -0.25) is 24.2 Å². The van der Waals surface area contributed by atoms with Gasteiger partial charge in [-0.1, -0.05) is 6.92 Å². The van der Waals surface area contributed by atoms with E-state index in [1.165, 1.54) is 31.6 Å². The number of nitrogens with zero attached hydrogens (tertiary/aromatic N) is 3. The summed E-state index contributed by atoms with van der Waals surface area (Å²) >= 11 is 0. The second-order valence-electron chi connectivity index (χ2n) is 9.79. The minimum Gasteiger partial charge on any atom is -0.494 e. The Morgan fingerprint density at radius 2 is 1.83 bits per heavy atom. The lowest BCUT2D eigenvalue weighted by atomic mass is 10.0. The van der Waals surface area contributed by atoms with Gasteiger partial charge < -0.3 is 42.6 Å². The number of nitrogens with one attached hydrogen (secondary N) is 5. The summed E-state index contributed by atoms with van der Waals surface area (Å²) in [6, 6.07) is 7.21. The molecule has 2 aromatic carbocycles. The average molecular weight is 655 g/mol. The Bertz CT molecular complexity index is 1730. The van der Waals surface area contributed by atoms with Gasteiger partial charge in [-0.25, -0.2) is 14.4 Å². The normalized spacial score (nSPS) is 11.1. The maximum Gasteiger partial charge on any atom is 0.290 e. The second kappa shape index (κ2) is 17.0. The van der Waals surface area contributed by atoms with Crippen molar-refractivity contribution in [3.63, 3.8) is 0 Å². The smallest absolute Gasteiger partial charge is 0.290 e. The third-order valence-corrected chi connectivity index (χ3v) is 6.78. The van der Waals surface area contributed by atoms with Crippen molar-refractivity contribution < 1.29 is 33.0 Å². The predicted octanol–water partition coefficient (Wildman–Crippen LogP) is 1.74. The van der Waals surface area contributed by atoms with Crippen LogP contribution in [-0.4, -0.2) is 76.5 Å². The maximum atomic E-state index is 14.8. The number of halogens is 2. The number of benzene rings is 2. The molecule has 4 aromatic rings. The number of ether oxygens (including phenoxy) is 1. The third-order valence-electron chi connectivity index (χ3n) is 6.78. The molecule has 0 saturated heterocycles. The number of anilines is 2. The molecule has 10 N–H and O–H groups in total. The first-order valence-corrected chi connectivity index (χ1v) is 14.3. The first-order chi connectivity index (χ1) is 22.6. The largest absolute Gasteiger partial charge is 0.494 e. The van der Waals surface area contributed by atoms with Crippen LogP contribution >= 0.6 is 0 Å². The lowest BCUT2D eigenvalue weighted by Crippen LogP contribution is -2.45. The number of rotatable bonds is 13. The molecule has 0 bridgehead atoms. The van der Waals surface area contributed by atoms with Crippen molar-refractivity contribution in [2.24, 2.45) is 11.5 Å². The van der Waals surface area contributed by atoms with Crippen molar-refractivity contribution >= 4 is 41.4 Å². The number of aryl methyl sites for hydroxylation is 1. The molecule has 17 heteroatoms. The van der Waals surface area contributed by atoms with Crippen molar-refractivity contribution in [1.29, 1.82) is 5.41 Å². The minimum atomic E-state index is -1.09. The number of hydrogen-bond acceptors (Lipinski definition) is 9. The standard InChI is InChI=1S/C29H34F2N10O3.CH2O2/c1-3-16-14-17(4-5-18(16)27(42)36-10-11-37-28(43)20(32)8-9-38-29(33)34)40-25-26-39-15-21(41(26)13-12-35-25)19-6-7-22(44-2)24(31)23(19)30;2-1-3/h4-7,12-15,20H,3,8-11,32H2,1-2H3,(H,35,40)(H,36,42)(H,37,43)(H4,33,34,38);1H,(H,2,3). The Hall–Kier alpha value is -5.84. The quantitative estimate of drug-likeness (QED) is 0.0447. The molecular formula is C30H36F2N10O5. The molecule has 1 unspecified atom stereocenters. The summed E-state index contributed by atoms with van der Waals surface area (Å²) in [5.41, 5.74) is 13.6. The van der Waals surface area contributed by atoms with Gasteiger partial charge in [-0.2, -0.15) is 4.39 Å². The number of methoxy groups -OCH3 is 1. The van der Waals surface area contributed by atoms with Crippen molar-refractivity contribution in [3.05, 3.63) is 71.7 Å². The lowest BCUT2D eigenvalue weighted by Gasteiger charge is -2.14. The fourth-order valence-corrected chi connectivity index (χ4v) is 4.50. The zero-order chi connectivity index (χ0) is 34.5. The van der Waals surface area contributed by atoms with Crippen molar-refractivity contribution in [3.8, 4) is 17.0 Å². The average Bonchev–Trinajstić information content (AvgIpc) is 3.49. The van der Waals surface area contributed by atoms with Crippen LogP contribution in [0.25, 0.3) is 16.9 Å². The second-order valence-corrected chi connectivity index (χ2v) is 9.79. The lowest BCUT2D eigenvalue weighted by molar-refractivity contribution is -0.123. The predicted molar refractivity (Wildman–Crippen MR) is 171 cm³/mol. The van der Waals surface area contributed by atoms with Crippen LogP contribution in [0.5, 0.6) is 5.75 Å². The maximum absolute atomic E-state index is 14.8. The summed E-state index contributed by atoms with van der Waals surface area (Å²) in [5, 5.41) is 25.2. The van der Waals surface area contributed by atoms with E-state index in [2.05, 4.69) is 31.2 Å². The van der Waals surface area contributed by atoms with Gasteiger partial charge in [0.15, 0.2) is 29.0 Å². The van der Waals surface area contributed by atoms with Gasteiger partial charge >= 0.3 is 0 Å². The summed E-state index contributed by atoms with van der Waals surface area (Å²) < 4.78 is 35.6. The van der Waals surface area contributed by atoms with Gasteiger partial charge in [-0.15, -0.1) is 0 Å². The van der Waals surface area contributed by atoms with Crippen LogP contribution in [0.1, 0.15) is 29.3 Å². The molecule has 0 saturated carbocycles. The van der Waals surface area contributed by atoms with E-state index in [4.69, 9.17) is 31.5 Å². The van der Waals surface area contributed by atoms with Crippen molar-refractivity contribution in [2.45, 2.75) is 25.8 Å². The number of amides is 2. The topological polar surface area (TPSA) is 235 Å². The molecule has 15 nitrogen and oxygen atoms in total. The van der Waals surface area contributed by atoms with E-state index in [0.29, 0.717) is 47.8 Å². The SMILES string of the molecule is CCc1cc(Nc2nccn3c(-c4ccc(OC)c(F)c4F)cnc23)ccc1C(=O)NCCNC(=O)C(N)CCNC(=N)N.O=CO. The molecule has 0 radical (unpaired) electrons. The number of carboxylic acid groups (broad SMARTS) is 1. The van der Waals surface area contributed by atoms with E-state index in [-0.39, 0.29) is 48.6 Å². The monoisotopic (exact) mass is 654 g/mol. The Morgan fingerprint density at radius 3 is 2.51 bits per heavy atom. The number of imidazole rings is 1. The van der Waals surface area contributed by atoms with Gasteiger partial charge in [0.2, 0.25) is 11.7 Å². The zero-order valence-electron chi connectivity index (χ0n) is 25.6. The van der Waals surface area contributed by atoms with Crippen LogP contribution < -0.4 is 37.5 Å². The number of aromatic nitrogens is 3. The Balaban J connectivity index is 0.00000192. The summed E-state index contributed by atoms with van der Waals surface area (Å²) in [5.74, 6) is -2.84. The Morgan fingerprint density at radius 1 is 1.11 bits per heavy atom. The number of fused-ring (bicyclic) bond motifs is 1. The van der Waals surface area contributed by atoms with Gasteiger partial charge in [0.1, 0.15) is 0 Å². The molecule has 2 aromatic heterocycles. The molecule has 0 spiro atoms. The summed E-state index contributed by atoms with van der Waals surface area (Å²) in [6.45, 7) is 2.35. The van der Waals surface area contributed by atoms with Crippen LogP contribution in [0.2, 0.25) is 0 Å². The highest BCUT2D eigenvalue weighted by Crippen LogP contribution is 2.31. The number of carbonyl (C=O) groups is 3. The number of nitrogens with two attached hydrogens (primary N) is 2. The first kappa shape index (κ1) is 35.6. The molecule has 47 heavy (non-hydrogen) atoms. The number of carbonyl (C=O) groups excluding carboxylic acids is 2. The van der Waals surface area contributed by atoms with E-state index in [9.17, 15) is 18.4 Å². The molecule has 0 aliphatic rings. The van der Waals surface area contributed by atoms with Gasteiger partial charge in [0.05, 0.1) is 25.0 Å². The first-order valence-electron chi connectivity index (χ1n) is 14.3. The molecule has 2 heterocycles. The number of hydrogen-bond donors (Lipinski definition) is 8. The molecule has 4 rings (SSSR count). The minimum absolute atomic E-state index is 0.0148. The van der Waals surface area contributed by atoms with Crippen molar-refractivity contribution in [1.82, 2.24) is 30.3 Å². The Labute approximate surface area is 268 Å². The van der Waals surface area contributed by atoms with Gasteiger partial charge in [-0.05, 0) is 48.7 Å². The van der Waals surface area contributed by atoms with Crippen LogP contribution in [0.4, 0.5) is 20.3 Å². The van der Waals surface area contributed by atoms with E-state index in [1.807, 2.05) is 13.0 Å². The molecular weight excluding hydrogens is 618 g/mol. The van der Waals surface area contributed by atoms with Crippen molar-refractivity contribution in [2.75, 3.05) is 32.1 Å². The van der Waals surface area contributed by atoms with E-state index < -0.39 is 17.7 Å². The summed E-state index contributed by atoms with van der Waals surface area (Å²) in [7, 11) is 1.26. The third kappa shape index (κ3) is 9.10. The molecule has 1 atom stereocenters. The fraction of sp³-hybridized carbons (Fsp3) is 0.267. The molecule has 0 fully saturated rings. The fourth-order valence-electron chi connectivity index (χ4n) is 4.50. The van der Waals surface area contributed by atoms with Crippen LogP contribution in [0.3, 0.4) is 0 Å². The van der Waals surface area contributed by atoms with Crippen LogP contribution in [0.15, 0.2) is 48.9 Å². The van der Waals surface area contributed by atoms with Gasteiger partial charge in [0, 0.05) is 48.8 Å². The Kier molecular flexibility index (Phi) is 12.9. The zero-order valence-corrected chi connectivity index (χ0v) is 25.6. The molecule has 250 valence electrons. The van der Waals surface area contributed by atoms with E-state index in [0.717, 1.165) is 5.56 Å². The summed E-state index contributed by atoms with van der Waals surface area (Å²) in [4.78, 5) is 42.1. The van der Waals surface area contributed by atoms with E-state index in [1.54, 1.807) is 22.7 Å². The van der Waals surface area contributed by atoms with Gasteiger partial charge in [0.25, 0.3) is 12.4 Å². The molecule has 0 aliphatic heterocycles. The highest BCUT2D eigenvalue weighted by atomic mass is 19.2. The number of guanidine groups is 1. The summed E-state index contributed by atoms with van der Waals surface area (Å²) in [6.07, 6.45) is 5.39. The van der Waals surface area contributed by atoms with E-state index >= 15 is 0 Å². The molecule has 2 amide bonds. The highest BCUT2D eigenvalue weighted by Gasteiger charge is 2.20. The highest BCUT2D eigenvalue weighted by molar-refractivity contribution is 5.96. The van der Waals surface area contributed by atoms with Crippen LogP contribution in [0, 0.1) is 17.0 Å². The van der Waals surface area contributed by atoms with Crippen LogP contribution in [-0.2, 0) is 16.0 Å². The molecule has 0 aliphatic carbocycles.